The number of carbonyl (C=O) groups is 1. The predicted octanol–water partition coefficient (Wildman–Crippen LogP) is 3.04. The second-order valence-electron chi connectivity index (χ2n) is 5.21. The van der Waals surface area contributed by atoms with Crippen LogP contribution in [0.4, 0.5) is 16.2 Å². The van der Waals surface area contributed by atoms with E-state index >= 15 is 0 Å². The van der Waals surface area contributed by atoms with Gasteiger partial charge >= 0.3 is 11.8 Å². The van der Waals surface area contributed by atoms with Gasteiger partial charge in [-0.2, -0.15) is 0 Å². The summed E-state index contributed by atoms with van der Waals surface area (Å²) in [5, 5.41) is 5.93. The molecule has 0 aliphatic carbocycles. The fraction of sp³-hybridized carbons (Fsp3) is 0.176. The highest BCUT2D eigenvalue weighted by atomic mass is 16.5. The molecular formula is C17H18N4O3. The lowest BCUT2D eigenvalue weighted by molar-refractivity contribution is 0.168. The first-order valence-electron chi connectivity index (χ1n) is 7.63. The number of carbonyl (C=O) groups excluding carboxylic acids is 1. The van der Waals surface area contributed by atoms with Crippen molar-refractivity contribution in [1.29, 1.82) is 0 Å². The van der Waals surface area contributed by atoms with Gasteiger partial charge in [0.05, 0.1) is 23.3 Å². The first kappa shape index (κ1) is 15.7. The van der Waals surface area contributed by atoms with Gasteiger partial charge in [0, 0.05) is 12.2 Å². The van der Waals surface area contributed by atoms with Crippen LogP contribution in [0.25, 0.3) is 11.0 Å². The molecule has 0 saturated carbocycles. The average molecular weight is 326 g/mol. The summed E-state index contributed by atoms with van der Waals surface area (Å²) in [7, 11) is 0. The van der Waals surface area contributed by atoms with Crippen LogP contribution >= 0.6 is 0 Å². The molecule has 0 bridgehead atoms. The molecule has 24 heavy (non-hydrogen) atoms. The Morgan fingerprint density at radius 2 is 1.96 bits per heavy atom. The van der Waals surface area contributed by atoms with Gasteiger partial charge in [-0.25, -0.2) is 9.59 Å². The Morgan fingerprint density at radius 3 is 2.71 bits per heavy atom. The topological polar surface area (TPSA) is 99.0 Å². The number of amides is 1. The van der Waals surface area contributed by atoms with Crippen molar-refractivity contribution >= 4 is 28.5 Å². The molecular weight excluding hydrogens is 308 g/mol. The van der Waals surface area contributed by atoms with Crippen molar-refractivity contribution in [3.8, 4) is 0 Å². The molecule has 2 aromatic carbocycles. The summed E-state index contributed by atoms with van der Waals surface area (Å²) in [6, 6.07) is 13.3. The smallest absolute Gasteiger partial charge is 0.411 e. The van der Waals surface area contributed by atoms with Gasteiger partial charge in [0.25, 0.3) is 0 Å². The Bertz CT molecular complexity index is 899. The van der Waals surface area contributed by atoms with E-state index in [-0.39, 0.29) is 12.3 Å². The largest absolute Gasteiger partial charge is 0.450 e. The highest BCUT2D eigenvalue weighted by Gasteiger charge is 2.10. The lowest BCUT2D eigenvalue weighted by Crippen LogP contribution is -2.13. The number of imidazole rings is 1. The minimum absolute atomic E-state index is 0.286. The van der Waals surface area contributed by atoms with Crippen LogP contribution in [0.15, 0.2) is 47.3 Å². The number of hydrogen-bond acceptors (Lipinski definition) is 4. The summed E-state index contributed by atoms with van der Waals surface area (Å²) >= 11 is 0. The van der Waals surface area contributed by atoms with Crippen LogP contribution < -0.4 is 16.3 Å². The Morgan fingerprint density at radius 1 is 1.17 bits per heavy atom. The lowest BCUT2D eigenvalue weighted by atomic mass is 10.2. The third-order valence-electron chi connectivity index (χ3n) is 3.47. The van der Waals surface area contributed by atoms with E-state index in [4.69, 9.17) is 4.74 Å². The molecule has 0 unspecified atom stereocenters. The molecule has 7 nitrogen and oxygen atoms in total. The highest BCUT2D eigenvalue weighted by molar-refractivity contribution is 5.95. The molecule has 7 heteroatoms. The van der Waals surface area contributed by atoms with Crippen molar-refractivity contribution in [3.63, 3.8) is 0 Å². The molecule has 3 aromatic rings. The second-order valence-corrected chi connectivity index (χ2v) is 5.21. The average Bonchev–Trinajstić information content (AvgIpc) is 2.94. The zero-order valence-corrected chi connectivity index (χ0v) is 13.2. The molecule has 4 N–H and O–H groups in total. The van der Waals surface area contributed by atoms with Gasteiger partial charge in [0.1, 0.15) is 0 Å². The summed E-state index contributed by atoms with van der Waals surface area (Å²) in [5.74, 6) is 0. The normalized spacial score (nSPS) is 10.5. The van der Waals surface area contributed by atoms with Crippen LogP contribution in [-0.2, 0) is 11.3 Å². The van der Waals surface area contributed by atoms with Gasteiger partial charge < -0.3 is 20.0 Å². The van der Waals surface area contributed by atoms with Crippen LogP contribution in [0.2, 0.25) is 0 Å². The van der Waals surface area contributed by atoms with Crippen molar-refractivity contribution in [2.45, 2.75) is 13.5 Å². The lowest BCUT2D eigenvalue weighted by Gasteiger charge is -2.11. The Hall–Kier alpha value is -3.22. The molecule has 0 atom stereocenters. The van der Waals surface area contributed by atoms with Gasteiger partial charge in [-0.15, -0.1) is 0 Å². The van der Waals surface area contributed by atoms with Gasteiger partial charge in [-0.3, -0.25) is 5.32 Å². The van der Waals surface area contributed by atoms with Gasteiger partial charge in [-0.1, -0.05) is 30.3 Å². The van der Waals surface area contributed by atoms with Crippen LogP contribution in [0, 0.1) is 0 Å². The first-order valence-corrected chi connectivity index (χ1v) is 7.63. The van der Waals surface area contributed by atoms with Crippen molar-refractivity contribution in [2.75, 3.05) is 17.2 Å². The maximum Gasteiger partial charge on any atom is 0.411 e. The molecule has 0 aliphatic rings. The summed E-state index contributed by atoms with van der Waals surface area (Å²) in [4.78, 5) is 28.7. The molecule has 0 fully saturated rings. The highest BCUT2D eigenvalue weighted by Crippen LogP contribution is 2.25. The van der Waals surface area contributed by atoms with E-state index in [1.165, 1.54) is 0 Å². The molecule has 1 heterocycles. The fourth-order valence-corrected chi connectivity index (χ4v) is 2.43. The Kier molecular flexibility index (Phi) is 4.51. The van der Waals surface area contributed by atoms with Crippen molar-refractivity contribution < 1.29 is 9.53 Å². The van der Waals surface area contributed by atoms with Crippen molar-refractivity contribution in [2.24, 2.45) is 0 Å². The van der Waals surface area contributed by atoms with Gasteiger partial charge in [0.2, 0.25) is 0 Å². The predicted molar refractivity (Wildman–Crippen MR) is 93.3 cm³/mol. The molecule has 1 aromatic heterocycles. The molecule has 3 rings (SSSR count). The maximum atomic E-state index is 11.6. The summed E-state index contributed by atoms with van der Waals surface area (Å²) in [5.41, 5.74) is 3.30. The Balaban J connectivity index is 1.89. The third kappa shape index (κ3) is 3.57. The summed E-state index contributed by atoms with van der Waals surface area (Å²) in [6.45, 7) is 2.61. The third-order valence-corrected chi connectivity index (χ3v) is 3.47. The number of nitrogens with one attached hydrogen (secondary N) is 4. The fourth-order valence-electron chi connectivity index (χ4n) is 2.43. The van der Waals surface area contributed by atoms with Crippen LogP contribution in [0.1, 0.15) is 12.5 Å². The number of aromatic nitrogens is 2. The number of aromatic amines is 2. The summed E-state index contributed by atoms with van der Waals surface area (Å²) < 4.78 is 4.88. The van der Waals surface area contributed by atoms with E-state index in [2.05, 4.69) is 20.6 Å². The molecule has 0 saturated heterocycles. The number of benzene rings is 2. The molecule has 0 spiro atoms. The Labute approximate surface area is 138 Å². The van der Waals surface area contributed by atoms with Gasteiger partial charge in [0.15, 0.2) is 0 Å². The minimum atomic E-state index is -0.538. The van der Waals surface area contributed by atoms with E-state index in [1.54, 1.807) is 19.1 Å². The number of fused-ring (bicyclic) bond motifs is 1. The zero-order chi connectivity index (χ0) is 16.9. The van der Waals surface area contributed by atoms with E-state index in [9.17, 15) is 9.59 Å². The standard InChI is InChI=1S/C17H18N4O3/c1-2-24-17(23)19-12-8-13(15-14(9-12)20-16(22)21-15)18-10-11-6-4-3-5-7-11/h3-9,18H,2,10H2,1H3,(H,19,23)(H2,20,21,22). The van der Waals surface area contributed by atoms with Gasteiger partial charge in [-0.05, 0) is 24.6 Å². The number of hydrogen-bond donors (Lipinski definition) is 4. The quantitative estimate of drug-likeness (QED) is 0.579. The van der Waals surface area contributed by atoms with E-state index < -0.39 is 6.09 Å². The van der Waals surface area contributed by atoms with Crippen LogP contribution in [0.3, 0.4) is 0 Å². The van der Waals surface area contributed by atoms with E-state index in [0.717, 1.165) is 5.56 Å². The number of ether oxygens (including phenoxy) is 1. The monoisotopic (exact) mass is 326 g/mol. The van der Waals surface area contributed by atoms with Crippen molar-refractivity contribution in [3.05, 3.63) is 58.5 Å². The van der Waals surface area contributed by atoms with Crippen molar-refractivity contribution in [1.82, 2.24) is 9.97 Å². The number of rotatable bonds is 5. The zero-order valence-electron chi connectivity index (χ0n) is 13.2. The van der Waals surface area contributed by atoms with E-state index in [1.807, 2.05) is 30.3 Å². The second kappa shape index (κ2) is 6.91. The molecule has 0 aliphatic heterocycles. The minimum Gasteiger partial charge on any atom is -0.450 e. The number of anilines is 2. The first-order chi connectivity index (χ1) is 11.7. The SMILES string of the molecule is CCOC(=O)Nc1cc(NCc2ccccc2)c2[nH]c(=O)[nH]c2c1. The molecule has 124 valence electrons. The maximum absolute atomic E-state index is 11.6. The van der Waals surface area contributed by atoms with Crippen LogP contribution in [-0.4, -0.2) is 22.7 Å². The number of H-pyrrole nitrogens is 2. The van der Waals surface area contributed by atoms with E-state index in [0.29, 0.717) is 29.0 Å². The summed E-state index contributed by atoms with van der Waals surface area (Å²) in [6.07, 6.45) is -0.538. The molecule has 1 amide bonds. The molecule has 0 radical (unpaired) electrons. The van der Waals surface area contributed by atoms with Crippen LogP contribution in [0.5, 0.6) is 0 Å².